The number of hydrogen-bond acceptors (Lipinski definition) is 2. The highest BCUT2D eigenvalue weighted by Crippen LogP contribution is 2.26. The molecule has 0 heterocycles. The summed E-state index contributed by atoms with van der Waals surface area (Å²) in [4.78, 5) is 11.9. The summed E-state index contributed by atoms with van der Waals surface area (Å²) in [7, 11) is 0. The number of hydrogen-bond donors (Lipinski definition) is 0. The molecule has 0 aromatic heterocycles. The van der Waals surface area contributed by atoms with Crippen molar-refractivity contribution in [2.75, 3.05) is 6.61 Å². The average molecular weight is 260 g/mol. The molecule has 104 valence electrons. The third-order valence-electron chi connectivity index (χ3n) is 3.91. The van der Waals surface area contributed by atoms with Crippen LogP contribution in [0.4, 0.5) is 0 Å². The van der Waals surface area contributed by atoms with Crippen LogP contribution in [0, 0.1) is 5.92 Å². The van der Waals surface area contributed by atoms with Gasteiger partial charge in [-0.1, -0.05) is 45.7 Å². The molecule has 0 N–H and O–H groups in total. The van der Waals surface area contributed by atoms with E-state index in [1.54, 1.807) is 0 Å². The molecular weight excluding hydrogens is 236 g/mol. The Morgan fingerprint density at radius 1 is 1.16 bits per heavy atom. The summed E-state index contributed by atoms with van der Waals surface area (Å²) in [5, 5.41) is 0. The van der Waals surface area contributed by atoms with Crippen molar-refractivity contribution in [2.24, 2.45) is 5.92 Å². The molecule has 0 saturated heterocycles. The van der Waals surface area contributed by atoms with Gasteiger partial charge in [-0.2, -0.15) is 0 Å². The van der Waals surface area contributed by atoms with Gasteiger partial charge >= 0.3 is 0 Å². The molecule has 2 heteroatoms. The van der Waals surface area contributed by atoms with Crippen LogP contribution < -0.4 is 4.74 Å². The predicted molar refractivity (Wildman–Crippen MR) is 77.6 cm³/mol. The second kappa shape index (κ2) is 5.77. The van der Waals surface area contributed by atoms with Crippen LogP contribution in [0.3, 0.4) is 0 Å². The van der Waals surface area contributed by atoms with E-state index in [4.69, 9.17) is 4.74 Å². The van der Waals surface area contributed by atoms with Crippen molar-refractivity contribution < 1.29 is 9.53 Å². The number of Topliss-reactive ketones (excluding diaryl/α,β-unsaturated/α-hetero) is 1. The normalized spacial score (nSPS) is 16.6. The molecule has 0 spiro atoms. The van der Waals surface area contributed by atoms with E-state index in [1.165, 1.54) is 18.4 Å². The van der Waals surface area contributed by atoms with Gasteiger partial charge in [0.15, 0.2) is 5.78 Å². The standard InChI is InChI=1S/C17H24O2/c1-17(2,3)14-8-10-15(11-9-14)19-12-16(18)13-6-4-5-7-13/h8-11,13H,4-7,12H2,1-3H3. The van der Waals surface area contributed by atoms with Crippen LogP contribution in [0.1, 0.15) is 52.0 Å². The first-order valence-corrected chi connectivity index (χ1v) is 7.23. The first kappa shape index (κ1) is 14.1. The molecule has 2 nitrogen and oxygen atoms in total. The molecule has 1 aromatic rings. The van der Waals surface area contributed by atoms with Crippen molar-refractivity contribution in [3.05, 3.63) is 29.8 Å². The SMILES string of the molecule is CC(C)(C)c1ccc(OCC(=O)C2CCCC2)cc1. The lowest BCUT2D eigenvalue weighted by atomic mass is 9.87. The summed E-state index contributed by atoms with van der Waals surface area (Å²) < 4.78 is 5.60. The van der Waals surface area contributed by atoms with Crippen molar-refractivity contribution >= 4 is 5.78 Å². The smallest absolute Gasteiger partial charge is 0.173 e. The van der Waals surface area contributed by atoms with Gasteiger partial charge in [0.2, 0.25) is 0 Å². The van der Waals surface area contributed by atoms with Crippen LogP contribution in [0.5, 0.6) is 5.75 Å². The van der Waals surface area contributed by atoms with Gasteiger partial charge in [-0.25, -0.2) is 0 Å². The fraction of sp³-hybridized carbons (Fsp3) is 0.588. The molecule has 0 aliphatic heterocycles. The lowest BCUT2D eigenvalue weighted by molar-refractivity contribution is -0.124. The van der Waals surface area contributed by atoms with Crippen LogP contribution in [0.15, 0.2) is 24.3 Å². The zero-order chi connectivity index (χ0) is 13.9. The van der Waals surface area contributed by atoms with Crippen molar-refractivity contribution in [1.82, 2.24) is 0 Å². The molecule has 1 saturated carbocycles. The Hall–Kier alpha value is -1.31. The Kier molecular flexibility index (Phi) is 4.28. The Balaban J connectivity index is 1.87. The molecule has 0 amide bonds. The topological polar surface area (TPSA) is 26.3 Å². The summed E-state index contributed by atoms with van der Waals surface area (Å²) in [6, 6.07) is 8.08. The maximum atomic E-state index is 11.9. The van der Waals surface area contributed by atoms with Gasteiger partial charge in [-0.15, -0.1) is 0 Å². The number of benzene rings is 1. The second-order valence-corrected chi connectivity index (χ2v) is 6.51. The van der Waals surface area contributed by atoms with Gasteiger partial charge in [0.25, 0.3) is 0 Å². The van der Waals surface area contributed by atoms with Crippen LogP contribution in [0.2, 0.25) is 0 Å². The zero-order valence-electron chi connectivity index (χ0n) is 12.2. The van der Waals surface area contributed by atoms with E-state index in [2.05, 4.69) is 32.9 Å². The summed E-state index contributed by atoms with van der Waals surface area (Å²) in [5.74, 6) is 1.30. The van der Waals surface area contributed by atoms with Crippen molar-refractivity contribution in [3.63, 3.8) is 0 Å². The molecule has 1 aliphatic carbocycles. The van der Waals surface area contributed by atoms with Gasteiger partial charge in [0.1, 0.15) is 12.4 Å². The highest BCUT2D eigenvalue weighted by atomic mass is 16.5. The minimum Gasteiger partial charge on any atom is -0.486 e. The molecule has 1 fully saturated rings. The first-order valence-electron chi connectivity index (χ1n) is 7.23. The Labute approximate surface area is 116 Å². The lowest BCUT2D eigenvalue weighted by Gasteiger charge is -2.19. The summed E-state index contributed by atoms with van der Waals surface area (Å²) >= 11 is 0. The van der Waals surface area contributed by atoms with Crippen LogP contribution in [0.25, 0.3) is 0 Å². The third kappa shape index (κ3) is 3.82. The Morgan fingerprint density at radius 2 is 1.74 bits per heavy atom. The molecule has 0 radical (unpaired) electrons. The molecule has 1 aromatic carbocycles. The number of ketones is 1. The highest BCUT2D eigenvalue weighted by molar-refractivity contribution is 5.82. The summed E-state index contributed by atoms with van der Waals surface area (Å²) in [5.41, 5.74) is 1.43. The highest BCUT2D eigenvalue weighted by Gasteiger charge is 2.22. The van der Waals surface area contributed by atoms with E-state index in [0.29, 0.717) is 0 Å². The molecule has 0 unspecified atom stereocenters. The van der Waals surface area contributed by atoms with Gasteiger partial charge in [0.05, 0.1) is 0 Å². The zero-order valence-corrected chi connectivity index (χ0v) is 12.2. The van der Waals surface area contributed by atoms with E-state index in [1.807, 2.05) is 12.1 Å². The van der Waals surface area contributed by atoms with Crippen LogP contribution in [-0.4, -0.2) is 12.4 Å². The molecule has 19 heavy (non-hydrogen) atoms. The van der Waals surface area contributed by atoms with Gasteiger partial charge in [-0.3, -0.25) is 4.79 Å². The monoisotopic (exact) mass is 260 g/mol. The largest absolute Gasteiger partial charge is 0.486 e. The maximum Gasteiger partial charge on any atom is 0.173 e. The van der Waals surface area contributed by atoms with E-state index in [-0.39, 0.29) is 23.7 Å². The van der Waals surface area contributed by atoms with Gasteiger partial charge in [0, 0.05) is 5.92 Å². The van der Waals surface area contributed by atoms with Crippen LogP contribution >= 0.6 is 0 Å². The maximum absolute atomic E-state index is 11.9. The molecular formula is C17H24O2. The molecule has 0 atom stereocenters. The Morgan fingerprint density at radius 3 is 2.26 bits per heavy atom. The number of rotatable bonds is 4. The van der Waals surface area contributed by atoms with E-state index >= 15 is 0 Å². The van der Waals surface area contributed by atoms with E-state index in [0.717, 1.165) is 18.6 Å². The number of carbonyl (C=O) groups excluding carboxylic acids is 1. The van der Waals surface area contributed by atoms with Crippen molar-refractivity contribution in [1.29, 1.82) is 0 Å². The second-order valence-electron chi connectivity index (χ2n) is 6.51. The quantitative estimate of drug-likeness (QED) is 0.814. The minimum absolute atomic E-state index is 0.151. The van der Waals surface area contributed by atoms with Crippen molar-refractivity contribution in [3.8, 4) is 5.75 Å². The molecule has 2 rings (SSSR count). The Bertz CT molecular complexity index is 420. The average Bonchev–Trinajstić information content (AvgIpc) is 2.89. The van der Waals surface area contributed by atoms with Crippen LogP contribution in [-0.2, 0) is 10.2 Å². The lowest BCUT2D eigenvalue weighted by Crippen LogP contribution is -2.19. The fourth-order valence-corrected chi connectivity index (χ4v) is 2.57. The number of ether oxygens (including phenoxy) is 1. The summed E-state index contributed by atoms with van der Waals surface area (Å²) in [6.45, 7) is 6.78. The number of carbonyl (C=O) groups is 1. The van der Waals surface area contributed by atoms with Gasteiger partial charge in [-0.05, 0) is 36.0 Å². The van der Waals surface area contributed by atoms with Crippen molar-refractivity contribution in [2.45, 2.75) is 51.9 Å². The molecule has 0 bridgehead atoms. The minimum atomic E-state index is 0.151. The first-order chi connectivity index (χ1) is 8.97. The fourth-order valence-electron chi connectivity index (χ4n) is 2.57. The molecule has 1 aliphatic rings. The van der Waals surface area contributed by atoms with E-state index < -0.39 is 0 Å². The third-order valence-corrected chi connectivity index (χ3v) is 3.91. The van der Waals surface area contributed by atoms with Gasteiger partial charge < -0.3 is 4.74 Å². The predicted octanol–water partition coefficient (Wildman–Crippen LogP) is 4.12. The summed E-state index contributed by atoms with van der Waals surface area (Å²) in [6.07, 6.45) is 4.48. The van der Waals surface area contributed by atoms with E-state index in [9.17, 15) is 4.79 Å².